The van der Waals surface area contributed by atoms with Gasteiger partial charge in [-0.25, -0.2) is 0 Å². The Morgan fingerprint density at radius 3 is 2.72 bits per heavy atom. The first kappa shape index (κ1) is 13.4. The lowest BCUT2D eigenvalue weighted by molar-refractivity contribution is 0.251. The molecule has 1 heterocycles. The highest BCUT2D eigenvalue weighted by Crippen LogP contribution is 2.33. The van der Waals surface area contributed by atoms with Crippen LogP contribution in [0.25, 0.3) is 0 Å². The molecule has 100 valence electrons. The largest absolute Gasteiger partial charge is 0.496 e. The number of ether oxygens (including phenoxy) is 1. The minimum atomic E-state index is 0.334. The first-order chi connectivity index (χ1) is 8.68. The van der Waals surface area contributed by atoms with Gasteiger partial charge in [0, 0.05) is 5.54 Å². The van der Waals surface area contributed by atoms with Gasteiger partial charge in [0.05, 0.1) is 7.11 Å². The molecule has 18 heavy (non-hydrogen) atoms. The van der Waals surface area contributed by atoms with E-state index < -0.39 is 0 Å². The highest BCUT2D eigenvalue weighted by Gasteiger charge is 2.35. The number of aryl methyl sites for hydroxylation is 1. The Morgan fingerprint density at radius 1 is 1.33 bits per heavy atom. The molecule has 0 saturated carbocycles. The second-order valence-electron chi connectivity index (χ2n) is 5.65. The monoisotopic (exact) mass is 247 g/mol. The highest BCUT2D eigenvalue weighted by atomic mass is 16.5. The number of nitrogens with one attached hydrogen (secondary N) is 1. The summed E-state index contributed by atoms with van der Waals surface area (Å²) in [6.07, 6.45) is 4.91. The molecule has 1 N–H and O–H groups in total. The predicted octanol–water partition coefficient (Wildman–Crippen LogP) is 3.41. The molecule has 1 saturated heterocycles. The third-order valence-electron chi connectivity index (χ3n) is 4.41. The van der Waals surface area contributed by atoms with Crippen LogP contribution in [0.2, 0.25) is 0 Å². The number of hydrogen-bond acceptors (Lipinski definition) is 2. The summed E-state index contributed by atoms with van der Waals surface area (Å²) in [6, 6.07) is 8.37. The van der Waals surface area contributed by atoms with Crippen molar-refractivity contribution in [3.63, 3.8) is 0 Å². The Kier molecular flexibility index (Phi) is 4.28. The van der Waals surface area contributed by atoms with Crippen LogP contribution in [-0.4, -0.2) is 19.2 Å². The molecule has 0 radical (unpaired) electrons. The fourth-order valence-corrected chi connectivity index (χ4v) is 3.09. The third kappa shape index (κ3) is 2.69. The van der Waals surface area contributed by atoms with E-state index >= 15 is 0 Å². The lowest BCUT2D eigenvalue weighted by atomic mass is 9.80. The standard InChI is InChI=1S/C16H25NO/c1-13(2)16(10-6-12-17-16)11-9-14-7-4-5-8-15(14)18-3/h4-5,7-8,13,17H,6,9-12H2,1-3H3. The molecular weight excluding hydrogens is 222 g/mol. The Bertz CT molecular complexity index is 380. The third-order valence-corrected chi connectivity index (χ3v) is 4.41. The number of methoxy groups -OCH3 is 1. The molecule has 1 aromatic rings. The topological polar surface area (TPSA) is 21.3 Å². The van der Waals surface area contributed by atoms with Crippen LogP contribution in [0.3, 0.4) is 0 Å². The minimum absolute atomic E-state index is 0.334. The summed E-state index contributed by atoms with van der Waals surface area (Å²) in [7, 11) is 1.75. The first-order valence-corrected chi connectivity index (χ1v) is 7.05. The van der Waals surface area contributed by atoms with Crippen molar-refractivity contribution in [1.82, 2.24) is 5.32 Å². The molecule has 2 nitrogen and oxygen atoms in total. The Labute approximate surface area is 111 Å². The molecule has 0 aliphatic carbocycles. The lowest BCUT2D eigenvalue weighted by Crippen LogP contribution is -2.45. The fourth-order valence-electron chi connectivity index (χ4n) is 3.09. The van der Waals surface area contributed by atoms with Gasteiger partial charge >= 0.3 is 0 Å². The quantitative estimate of drug-likeness (QED) is 0.861. The fraction of sp³-hybridized carbons (Fsp3) is 0.625. The van der Waals surface area contributed by atoms with E-state index in [-0.39, 0.29) is 0 Å². The lowest BCUT2D eigenvalue weighted by Gasteiger charge is -2.34. The molecule has 1 aromatic carbocycles. The summed E-state index contributed by atoms with van der Waals surface area (Å²) in [5.41, 5.74) is 1.66. The summed E-state index contributed by atoms with van der Waals surface area (Å²) >= 11 is 0. The van der Waals surface area contributed by atoms with Crippen LogP contribution in [0.15, 0.2) is 24.3 Å². The molecule has 1 atom stereocenters. The molecule has 2 rings (SSSR count). The maximum atomic E-state index is 5.43. The summed E-state index contributed by atoms with van der Waals surface area (Å²) in [5.74, 6) is 1.71. The van der Waals surface area contributed by atoms with Gasteiger partial charge in [-0.2, -0.15) is 0 Å². The van der Waals surface area contributed by atoms with Gasteiger partial charge in [0.2, 0.25) is 0 Å². The van der Waals surface area contributed by atoms with Gasteiger partial charge in [0.25, 0.3) is 0 Å². The maximum Gasteiger partial charge on any atom is 0.122 e. The molecule has 1 aliphatic heterocycles. The normalized spacial score (nSPS) is 23.6. The molecule has 1 unspecified atom stereocenters. The Balaban J connectivity index is 2.06. The van der Waals surface area contributed by atoms with Crippen LogP contribution >= 0.6 is 0 Å². The van der Waals surface area contributed by atoms with Gasteiger partial charge in [-0.1, -0.05) is 32.0 Å². The van der Waals surface area contributed by atoms with Gasteiger partial charge in [0.1, 0.15) is 5.75 Å². The molecular formula is C16H25NO. The van der Waals surface area contributed by atoms with E-state index in [0.717, 1.165) is 12.2 Å². The Hall–Kier alpha value is -1.02. The smallest absolute Gasteiger partial charge is 0.122 e. The molecule has 1 fully saturated rings. The maximum absolute atomic E-state index is 5.43. The highest BCUT2D eigenvalue weighted by molar-refractivity contribution is 5.33. The average Bonchev–Trinajstić information content (AvgIpc) is 2.87. The van der Waals surface area contributed by atoms with E-state index in [1.54, 1.807) is 7.11 Å². The second kappa shape index (κ2) is 5.75. The minimum Gasteiger partial charge on any atom is -0.496 e. The summed E-state index contributed by atoms with van der Waals surface area (Å²) in [4.78, 5) is 0. The predicted molar refractivity (Wildman–Crippen MR) is 76.1 cm³/mol. The molecule has 1 aliphatic rings. The number of benzene rings is 1. The van der Waals surface area contributed by atoms with Gasteiger partial charge in [0.15, 0.2) is 0 Å². The zero-order chi connectivity index (χ0) is 13.0. The first-order valence-electron chi connectivity index (χ1n) is 7.05. The zero-order valence-corrected chi connectivity index (χ0v) is 11.8. The van der Waals surface area contributed by atoms with E-state index in [1.807, 2.05) is 6.07 Å². The van der Waals surface area contributed by atoms with Crippen molar-refractivity contribution < 1.29 is 4.74 Å². The SMILES string of the molecule is COc1ccccc1CCC1(C(C)C)CCCN1. The number of rotatable bonds is 5. The Morgan fingerprint density at radius 2 is 2.11 bits per heavy atom. The molecule has 0 aromatic heterocycles. The average molecular weight is 247 g/mol. The van der Waals surface area contributed by atoms with Gasteiger partial charge in [-0.15, -0.1) is 0 Å². The van der Waals surface area contributed by atoms with Gasteiger partial charge < -0.3 is 10.1 Å². The molecule has 0 bridgehead atoms. The van der Waals surface area contributed by atoms with E-state index in [9.17, 15) is 0 Å². The zero-order valence-electron chi connectivity index (χ0n) is 11.8. The van der Waals surface area contributed by atoms with E-state index in [4.69, 9.17) is 4.74 Å². The van der Waals surface area contributed by atoms with E-state index in [0.29, 0.717) is 11.5 Å². The van der Waals surface area contributed by atoms with Crippen LogP contribution in [0, 0.1) is 5.92 Å². The second-order valence-corrected chi connectivity index (χ2v) is 5.65. The van der Waals surface area contributed by atoms with Gasteiger partial charge in [-0.3, -0.25) is 0 Å². The van der Waals surface area contributed by atoms with Crippen LogP contribution < -0.4 is 10.1 Å². The van der Waals surface area contributed by atoms with Crippen LogP contribution in [0.1, 0.15) is 38.7 Å². The van der Waals surface area contributed by atoms with E-state index in [2.05, 4.69) is 37.4 Å². The molecule has 2 heteroatoms. The van der Waals surface area contributed by atoms with Crippen molar-refractivity contribution in [2.45, 2.75) is 45.1 Å². The van der Waals surface area contributed by atoms with Crippen LogP contribution in [-0.2, 0) is 6.42 Å². The van der Waals surface area contributed by atoms with Crippen molar-refractivity contribution in [3.8, 4) is 5.75 Å². The van der Waals surface area contributed by atoms with Gasteiger partial charge in [-0.05, 0) is 49.8 Å². The molecule has 0 spiro atoms. The van der Waals surface area contributed by atoms with Crippen molar-refractivity contribution in [3.05, 3.63) is 29.8 Å². The van der Waals surface area contributed by atoms with Crippen molar-refractivity contribution >= 4 is 0 Å². The van der Waals surface area contributed by atoms with E-state index in [1.165, 1.54) is 31.4 Å². The van der Waals surface area contributed by atoms with Crippen molar-refractivity contribution in [2.75, 3.05) is 13.7 Å². The number of hydrogen-bond donors (Lipinski definition) is 1. The number of para-hydroxylation sites is 1. The summed E-state index contributed by atoms with van der Waals surface area (Å²) < 4.78 is 5.43. The van der Waals surface area contributed by atoms with Crippen molar-refractivity contribution in [2.24, 2.45) is 5.92 Å². The van der Waals surface area contributed by atoms with Crippen molar-refractivity contribution in [1.29, 1.82) is 0 Å². The summed E-state index contributed by atoms with van der Waals surface area (Å²) in [5, 5.41) is 3.74. The molecule has 0 amide bonds. The van der Waals surface area contributed by atoms with Crippen LogP contribution in [0.5, 0.6) is 5.75 Å². The summed E-state index contributed by atoms with van der Waals surface area (Å²) in [6.45, 7) is 5.84. The van der Waals surface area contributed by atoms with Crippen LogP contribution in [0.4, 0.5) is 0 Å².